The Kier molecular flexibility index (Phi) is 4.09. The molecule has 0 bridgehead atoms. The van der Waals surface area contributed by atoms with Crippen molar-refractivity contribution in [2.24, 2.45) is 0 Å². The van der Waals surface area contributed by atoms with E-state index in [4.69, 9.17) is 14.0 Å². The van der Waals surface area contributed by atoms with Crippen LogP contribution in [0.15, 0.2) is 24.3 Å². The molecule has 1 aromatic rings. The van der Waals surface area contributed by atoms with Gasteiger partial charge in [0, 0.05) is 26.2 Å². The normalized spacial score (nSPS) is 23.7. The number of hydrogen-bond donors (Lipinski definition) is 1. The second-order valence-corrected chi connectivity index (χ2v) is 5.83. The number of ether oxygens (including phenoxy) is 2. The van der Waals surface area contributed by atoms with Crippen molar-refractivity contribution in [2.45, 2.75) is 6.10 Å². The predicted molar refractivity (Wildman–Crippen MR) is 75.3 cm³/mol. The number of carbonyl (C=O) groups excluding carboxylic acids is 1. The molecule has 0 saturated carbocycles. The molecule has 2 aliphatic heterocycles. The van der Waals surface area contributed by atoms with Gasteiger partial charge in [-0.1, -0.05) is 12.1 Å². The van der Waals surface area contributed by atoms with E-state index in [1.165, 1.54) is 4.31 Å². The Morgan fingerprint density at radius 3 is 2.52 bits per heavy atom. The maximum atomic E-state index is 12.4. The molecule has 2 atom stereocenters. The third kappa shape index (κ3) is 3.02. The monoisotopic (exact) mass is 312 g/mol. The molecule has 0 aliphatic carbocycles. The van der Waals surface area contributed by atoms with Gasteiger partial charge in [-0.15, -0.1) is 0 Å². The molecule has 7 nitrogen and oxygen atoms in total. The van der Waals surface area contributed by atoms with Gasteiger partial charge in [0.05, 0.1) is 0 Å². The second kappa shape index (κ2) is 6.00. The van der Waals surface area contributed by atoms with Crippen LogP contribution in [-0.4, -0.2) is 62.8 Å². The Morgan fingerprint density at radius 1 is 1.19 bits per heavy atom. The van der Waals surface area contributed by atoms with Gasteiger partial charge in [0.15, 0.2) is 11.5 Å². The number of carbonyl (C=O) groups is 1. The van der Waals surface area contributed by atoms with Crippen LogP contribution in [0.3, 0.4) is 0 Å². The molecule has 1 fully saturated rings. The van der Waals surface area contributed by atoms with Crippen molar-refractivity contribution in [1.82, 2.24) is 9.21 Å². The molecule has 8 heteroatoms. The van der Waals surface area contributed by atoms with Crippen LogP contribution < -0.4 is 9.47 Å². The van der Waals surface area contributed by atoms with Gasteiger partial charge < -0.3 is 14.4 Å². The number of amides is 1. The first-order chi connectivity index (χ1) is 10.1. The number of hydrogen-bond acceptors (Lipinski definition) is 4. The van der Waals surface area contributed by atoms with Gasteiger partial charge in [-0.3, -0.25) is 9.35 Å². The number of nitrogens with zero attached hydrogens (tertiary/aromatic N) is 2. The molecule has 1 saturated heterocycles. The van der Waals surface area contributed by atoms with Crippen molar-refractivity contribution in [2.75, 3.05) is 32.8 Å². The van der Waals surface area contributed by atoms with E-state index in [0.717, 1.165) is 0 Å². The van der Waals surface area contributed by atoms with Gasteiger partial charge in [-0.25, -0.2) is 4.21 Å². The van der Waals surface area contributed by atoms with E-state index in [2.05, 4.69) is 0 Å². The predicted octanol–water partition coefficient (Wildman–Crippen LogP) is 0.107. The first-order valence-corrected chi connectivity index (χ1v) is 7.74. The van der Waals surface area contributed by atoms with Crippen molar-refractivity contribution in [3.05, 3.63) is 24.3 Å². The molecular formula is C13H16N2O5S. The van der Waals surface area contributed by atoms with Crippen LogP contribution in [0, 0.1) is 0 Å². The molecule has 0 aromatic heterocycles. The highest BCUT2D eigenvalue weighted by Crippen LogP contribution is 2.31. The SMILES string of the molecule is O=C(C1COc2ccccc2O1)N1CCN(S(=O)O)CC1. The molecule has 1 amide bonds. The molecule has 2 aliphatic rings. The van der Waals surface area contributed by atoms with Crippen LogP contribution in [0.2, 0.25) is 0 Å². The summed E-state index contributed by atoms with van der Waals surface area (Å²) in [5.74, 6) is 1.06. The lowest BCUT2D eigenvalue weighted by Gasteiger charge is -2.35. The van der Waals surface area contributed by atoms with E-state index in [-0.39, 0.29) is 12.5 Å². The van der Waals surface area contributed by atoms with E-state index < -0.39 is 17.4 Å². The molecule has 3 rings (SSSR count). The molecule has 1 N–H and O–H groups in total. The number of piperazine rings is 1. The van der Waals surface area contributed by atoms with Gasteiger partial charge in [0.25, 0.3) is 5.91 Å². The second-order valence-electron chi connectivity index (χ2n) is 4.85. The van der Waals surface area contributed by atoms with Crippen LogP contribution >= 0.6 is 0 Å². The topological polar surface area (TPSA) is 79.3 Å². The minimum atomic E-state index is -1.98. The molecule has 114 valence electrons. The Balaban J connectivity index is 1.61. The Labute approximate surface area is 124 Å². The van der Waals surface area contributed by atoms with Crippen LogP contribution in [-0.2, 0) is 16.1 Å². The summed E-state index contributed by atoms with van der Waals surface area (Å²) < 4.78 is 32.6. The Morgan fingerprint density at radius 2 is 1.86 bits per heavy atom. The van der Waals surface area contributed by atoms with Gasteiger partial charge in [-0.05, 0) is 12.1 Å². The first-order valence-electron chi connectivity index (χ1n) is 6.68. The zero-order valence-corrected chi connectivity index (χ0v) is 12.1. The van der Waals surface area contributed by atoms with Crippen LogP contribution in [0.5, 0.6) is 11.5 Å². The fourth-order valence-electron chi connectivity index (χ4n) is 2.41. The van der Waals surface area contributed by atoms with Gasteiger partial charge in [0.2, 0.25) is 17.4 Å². The summed E-state index contributed by atoms with van der Waals surface area (Å²) >= 11 is -1.98. The Bertz CT molecular complexity index is 559. The minimum absolute atomic E-state index is 0.145. The number of para-hydroxylation sites is 2. The minimum Gasteiger partial charge on any atom is -0.485 e. The fraction of sp³-hybridized carbons (Fsp3) is 0.462. The van der Waals surface area contributed by atoms with Crippen molar-refractivity contribution in [1.29, 1.82) is 0 Å². The standard InChI is InChI=1S/C13H16N2O5S/c16-13(14-5-7-15(8-6-14)21(17)18)12-9-19-10-3-1-2-4-11(10)20-12/h1-4,12H,5-9H2,(H,17,18). The molecule has 21 heavy (non-hydrogen) atoms. The van der Waals surface area contributed by atoms with E-state index in [0.29, 0.717) is 37.7 Å². The highest BCUT2D eigenvalue weighted by molar-refractivity contribution is 7.76. The average molecular weight is 312 g/mol. The lowest BCUT2D eigenvalue weighted by atomic mass is 10.2. The molecule has 2 heterocycles. The number of fused-ring (bicyclic) bond motifs is 1. The summed E-state index contributed by atoms with van der Waals surface area (Å²) in [6.07, 6.45) is -0.661. The smallest absolute Gasteiger partial charge is 0.267 e. The molecule has 2 unspecified atom stereocenters. The Hall–Kier alpha value is -1.64. The fourth-order valence-corrected chi connectivity index (χ4v) is 2.89. The molecule has 1 aromatic carbocycles. The summed E-state index contributed by atoms with van der Waals surface area (Å²) in [7, 11) is 0. The van der Waals surface area contributed by atoms with E-state index in [1.807, 2.05) is 12.1 Å². The largest absolute Gasteiger partial charge is 0.485 e. The van der Waals surface area contributed by atoms with Crippen molar-refractivity contribution in [3.8, 4) is 11.5 Å². The van der Waals surface area contributed by atoms with Crippen molar-refractivity contribution < 1.29 is 23.0 Å². The van der Waals surface area contributed by atoms with Gasteiger partial charge in [0.1, 0.15) is 6.61 Å². The molecule has 0 radical (unpaired) electrons. The third-order valence-electron chi connectivity index (χ3n) is 3.56. The lowest BCUT2D eigenvalue weighted by molar-refractivity contribution is -0.142. The molecule has 0 spiro atoms. The van der Waals surface area contributed by atoms with Crippen molar-refractivity contribution in [3.63, 3.8) is 0 Å². The van der Waals surface area contributed by atoms with Gasteiger partial charge in [-0.2, -0.15) is 4.31 Å². The van der Waals surface area contributed by atoms with Crippen LogP contribution in [0.4, 0.5) is 0 Å². The van der Waals surface area contributed by atoms with Crippen molar-refractivity contribution >= 4 is 17.2 Å². The van der Waals surface area contributed by atoms with Crippen LogP contribution in [0.25, 0.3) is 0 Å². The van der Waals surface area contributed by atoms with E-state index >= 15 is 0 Å². The quantitative estimate of drug-likeness (QED) is 0.784. The summed E-state index contributed by atoms with van der Waals surface area (Å²) in [6.45, 7) is 1.75. The third-order valence-corrected chi connectivity index (χ3v) is 4.36. The molecular weight excluding hydrogens is 296 g/mol. The van der Waals surface area contributed by atoms with E-state index in [9.17, 15) is 9.00 Å². The first kappa shape index (κ1) is 14.3. The van der Waals surface area contributed by atoms with E-state index in [1.54, 1.807) is 17.0 Å². The summed E-state index contributed by atoms with van der Waals surface area (Å²) in [4.78, 5) is 14.0. The lowest BCUT2D eigenvalue weighted by Crippen LogP contribution is -2.54. The summed E-state index contributed by atoms with van der Waals surface area (Å²) in [5, 5.41) is 0. The maximum Gasteiger partial charge on any atom is 0.267 e. The van der Waals surface area contributed by atoms with Crippen LogP contribution in [0.1, 0.15) is 0 Å². The summed E-state index contributed by atoms with van der Waals surface area (Å²) in [5.41, 5.74) is 0. The average Bonchev–Trinajstić information content (AvgIpc) is 2.54. The zero-order valence-electron chi connectivity index (χ0n) is 11.3. The number of rotatable bonds is 2. The maximum absolute atomic E-state index is 12.4. The highest BCUT2D eigenvalue weighted by atomic mass is 32.2. The summed E-state index contributed by atoms with van der Waals surface area (Å²) in [6, 6.07) is 7.23. The highest BCUT2D eigenvalue weighted by Gasteiger charge is 2.33. The van der Waals surface area contributed by atoms with Gasteiger partial charge >= 0.3 is 0 Å². The number of benzene rings is 1. The zero-order chi connectivity index (χ0) is 14.8.